The maximum absolute atomic E-state index is 5.95. The van der Waals surface area contributed by atoms with Crippen LogP contribution in [0, 0.1) is 11.3 Å². The van der Waals surface area contributed by atoms with Crippen molar-refractivity contribution in [1.82, 2.24) is 0 Å². The van der Waals surface area contributed by atoms with Crippen LogP contribution in [-0.4, -0.2) is 6.54 Å². The standard InChI is InChI=1S/C11H21N/c12-9-11(7-3-4-8-11)10-5-1-2-6-10/h10H,1-9,12H2. The van der Waals surface area contributed by atoms with Gasteiger partial charge in [0, 0.05) is 0 Å². The van der Waals surface area contributed by atoms with Gasteiger partial charge in [-0.05, 0) is 43.6 Å². The molecule has 0 aromatic rings. The molecule has 2 fully saturated rings. The van der Waals surface area contributed by atoms with Crippen LogP contribution in [0.5, 0.6) is 0 Å². The van der Waals surface area contributed by atoms with Crippen molar-refractivity contribution in [2.75, 3.05) is 6.54 Å². The third kappa shape index (κ3) is 1.28. The van der Waals surface area contributed by atoms with E-state index in [4.69, 9.17) is 5.73 Å². The molecule has 0 unspecified atom stereocenters. The maximum atomic E-state index is 5.95. The van der Waals surface area contributed by atoms with Crippen LogP contribution in [0.15, 0.2) is 0 Å². The molecule has 2 N–H and O–H groups in total. The lowest BCUT2D eigenvalue weighted by Gasteiger charge is -2.34. The Morgan fingerprint density at radius 3 is 2.08 bits per heavy atom. The van der Waals surface area contributed by atoms with Gasteiger partial charge in [0.25, 0.3) is 0 Å². The summed E-state index contributed by atoms with van der Waals surface area (Å²) in [6.07, 6.45) is 11.6. The molecule has 2 aliphatic carbocycles. The Balaban J connectivity index is 2.04. The van der Waals surface area contributed by atoms with Crippen molar-refractivity contribution in [2.24, 2.45) is 17.1 Å². The largest absolute Gasteiger partial charge is 0.330 e. The third-order valence-electron chi connectivity index (χ3n) is 4.23. The van der Waals surface area contributed by atoms with E-state index in [-0.39, 0.29) is 0 Å². The van der Waals surface area contributed by atoms with Gasteiger partial charge in [0.15, 0.2) is 0 Å². The van der Waals surface area contributed by atoms with Crippen molar-refractivity contribution in [3.63, 3.8) is 0 Å². The molecule has 0 aromatic heterocycles. The molecule has 70 valence electrons. The van der Waals surface area contributed by atoms with Crippen molar-refractivity contribution in [3.8, 4) is 0 Å². The van der Waals surface area contributed by atoms with E-state index < -0.39 is 0 Å². The first-order valence-electron chi connectivity index (χ1n) is 5.57. The highest BCUT2D eigenvalue weighted by atomic mass is 14.6. The Morgan fingerprint density at radius 2 is 1.58 bits per heavy atom. The molecule has 0 aromatic carbocycles. The van der Waals surface area contributed by atoms with E-state index in [1.165, 1.54) is 51.4 Å². The van der Waals surface area contributed by atoms with Gasteiger partial charge in [-0.1, -0.05) is 25.7 Å². The number of hydrogen-bond donors (Lipinski definition) is 1. The predicted octanol–water partition coefficient (Wildman–Crippen LogP) is 2.70. The quantitative estimate of drug-likeness (QED) is 0.672. The molecular weight excluding hydrogens is 146 g/mol. The summed E-state index contributed by atoms with van der Waals surface area (Å²) in [7, 11) is 0. The summed E-state index contributed by atoms with van der Waals surface area (Å²) in [6, 6.07) is 0. The summed E-state index contributed by atoms with van der Waals surface area (Å²) in [6.45, 7) is 0.956. The van der Waals surface area contributed by atoms with Gasteiger partial charge in [0.2, 0.25) is 0 Å². The van der Waals surface area contributed by atoms with Crippen molar-refractivity contribution >= 4 is 0 Å². The van der Waals surface area contributed by atoms with E-state index in [0.717, 1.165) is 12.5 Å². The van der Waals surface area contributed by atoms with Gasteiger partial charge >= 0.3 is 0 Å². The molecule has 2 aliphatic rings. The van der Waals surface area contributed by atoms with Gasteiger partial charge in [-0.25, -0.2) is 0 Å². The summed E-state index contributed by atoms with van der Waals surface area (Å²) >= 11 is 0. The first-order chi connectivity index (χ1) is 5.87. The Kier molecular flexibility index (Phi) is 2.40. The lowest BCUT2D eigenvalue weighted by molar-refractivity contribution is 0.179. The SMILES string of the molecule is NCC1(C2CCCC2)CCCC1. The third-order valence-corrected chi connectivity index (χ3v) is 4.23. The Labute approximate surface area is 75.7 Å². The normalized spacial score (nSPS) is 29.8. The average Bonchev–Trinajstić information content (AvgIpc) is 2.76. The molecular formula is C11H21N. The van der Waals surface area contributed by atoms with Gasteiger partial charge < -0.3 is 5.73 Å². The molecule has 0 radical (unpaired) electrons. The number of nitrogens with two attached hydrogens (primary N) is 1. The topological polar surface area (TPSA) is 26.0 Å². The van der Waals surface area contributed by atoms with Gasteiger partial charge in [-0.3, -0.25) is 0 Å². The zero-order valence-corrected chi connectivity index (χ0v) is 8.02. The second-order valence-corrected chi connectivity index (χ2v) is 4.75. The lowest BCUT2D eigenvalue weighted by atomic mass is 9.73. The minimum Gasteiger partial charge on any atom is -0.330 e. The fraction of sp³-hybridized carbons (Fsp3) is 1.00. The van der Waals surface area contributed by atoms with Gasteiger partial charge in [0.1, 0.15) is 0 Å². The van der Waals surface area contributed by atoms with Crippen LogP contribution in [0.4, 0.5) is 0 Å². The molecule has 2 rings (SSSR count). The molecule has 2 saturated carbocycles. The molecule has 0 spiro atoms. The Hall–Kier alpha value is -0.0400. The van der Waals surface area contributed by atoms with Crippen LogP contribution >= 0.6 is 0 Å². The van der Waals surface area contributed by atoms with Crippen LogP contribution in [0.3, 0.4) is 0 Å². The monoisotopic (exact) mass is 167 g/mol. The van der Waals surface area contributed by atoms with E-state index >= 15 is 0 Å². The van der Waals surface area contributed by atoms with E-state index in [9.17, 15) is 0 Å². The highest BCUT2D eigenvalue weighted by Crippen LogP contribution is 2.49. The highest BCUT2D eigenvalue weighted by molar-refractivity contribution is 4.93. The second kappa shape index (κ2) is 3.37. The zero-order valence-electron chi connectivity index (χ0n) is 8.02. The predicted molar refractivity (Wildman–Crippen MR) is 51.9 cm³/mol. The molecule has 0 amide bonds. The van der Waals surface area contributed by atoms with Crippen LogP contribution in [0.2, 0.25) is 0 Å². The molecule has 12 heavy (non-hydrogen) atoms. The summed E-state index contributed by atoms with van der Waals surface area (Å²) in [5, 5.41) is 0. The average molecular weight is 167 g/mol. The minimum absolute atomic E-state index is 0.594. The van der Waals surface area contributed by atoms with Crippen LogP contribution in [0.1, 0.15) is 51.4 Å². The van der Waals surface area contributed by atoms with Crippen molar-refractivity contribution in [1.29, 1.82) is 0 Å². The zero-order chi connectivity index (χ0) is 8.44. The molecule has 0 saturated heterocycles. The van der Waals surface area contributed by atoms with Crippen LogP contribution in [0.25, 0.3) is 0 Å². The van der Waals surface area contributed by atoms with Crippen molar-refractivity contribution < 1.29 is 0 Å². The fourth-order valence-corrected chi connectivity index (χ4v) is 3.40. The van der Waals surface area contributed by atoms with Crippen molar-refractivity contribution in [2.45, 2.75) is 51.4 Å². The Morgan fingerprint density at radius 1 is 1.00 bits per heavy atom. The molecule has 0 bridgehead atoms. The molecule has 0 atom stereocenters. The Bertz CT molecular complexity index is 141. The minimum atomic E-state index is 0.594. The number of rotatable bonds is 2. The van der Waals surface area contributed by atoms with Gasteiger partial charge in [-0.15, -0.1) is 0 Å². The first kappa shape index (κ1) is 8.55. The van der Waals surface area contributed by atoms with Gasteiger partial charge in [0.05, 0.1) is 0 Å². The van der Waals surface area contributed by atoms with E-state index in [1.54, 1.807) is 0 Å². The molecule has 0 heterocycles. The summed E-state index contributed by atoms with van der Waals surface area (Å²) in [5.41, 5.74) is 6.54. The van der Waals surface area contributed by atoms with Gasteiger partial charge in [-0.2, -0.15) is 0 Å². The van der Waals surface area contributed by atoms with Crippen molar-refractivity contribution in [3.05, 3.63) is 0 Å². The van der Waals surface area contributed by atoms with E-state index in [0.29, 0.717) is 5.41 Å². The van der Waals surface area contributed by atoms with Crippen LogP contribution < -0.4 is 5.73 Å². The summed E-state index contributed by atoms with van der Waals surface area (Å²) in [4.78, 5) is 0. The smallest absolute Gasteiger partial charge is 0.00179 e. The number of hydrogen-bond acceptors (Lipinski definition) is 1. The van der Waals surface area contributed by atoms with E-state index in [2.05, 4.69) is 0 Å². The summed E-state index contributed by atoms with van der Waals surface area (Å²) in [5.74, 6) is 0.991. The first-order valence-corrected chi connectivity index (χ1v) is 5.57. The maximum Gasteiger partial charge on any atom is -0.00179 e. The summed E-state index contributed by atoms with van der Waals surface area (Å²) < 4.78 is 0. The molecule has 1 nitrogen and oxygen atoms in total. The second-order valence-electron chi connectivity index (χ2n) is 4.75. The van der Waals surface area contributed by atoms with Crippen LogP contribution in [-0.2, 0) is 0 Å². The fourth-order valence-electron chi connectivity index (χ4n) is 3.40. The lowest BCUT2D eigenvalue weighted by Crippen LogP contribution is -2.34. The van der Waals surface area contributed by atoms with E-state index in [1.807, 2.05) is 0 Å². The molecule has 1 heteroatoms. The highest BCUT2D eigenvalue weighted by Gasteiger charge is 2.40. The molecule has 0 aliphatic heterocycles.